The molecule has 0 unspecified atom stereocenters. The monoisotopic (exact) mass is 304 g/mol. The van der Waals surface area contributed by atoms with Crippen molar-refractivity contribution in [3.63, 3.8) is 0 Å². The third kappa shape index (κ3) is 3.70. The third-order valence-electron chi connectivity index (χ3n) is 3.85. The van der Waals surface area contributed by atoms with Gasteiger partial charge in [0.2, 0.25) is 11.8 Å². The van der Waals surface area contributed by atoms with Crippen LogP contribution in [0.25, 0.3) is 0 Å². The fraction of sp³-hybridized carbons (Fsp3) is 0.571. The maximum atomic E-state index is 12.2. The van der Waals surface area contributed by atoms with Crippen LogP contribution in [0.1, 0.15) is 25.0 Å². The van der Waals surface area contributed by atoms with Gasteiger partial charge in [-0.2, -0.15) is 5.10 Å². The third-order valence-corrected chi connectivity index (χ3v) is 3.85. The van der Waals surface area contributed by atoms with Crippen LogP contribution in [0.15, 0.2) is 23.2 Å². The van der Waals surface area contributed by atoms with E-state index < -0.39 is 0 Å². The van der Waals surface area contributed by atoms with E-state index >= 15 is 0 Å². The van der Waals surface area contributed by atoms with E-state index in [1.807, 2.05) is 11.6 Å². The summed E-state index contributed by atoms with van der Waals surface area (Å²) in [5.74, 6) is 0.314. The highest BCUT2D eigenvalue weighted by Crippen LogP contribution is 2.18. The minimum atomic E-state index is -0.0818. The summed E-state index contributed by atoms with van der Waals surface area (Å²) in [5.41, 5.74) is 0.748. The van der Waals surface area contributed by atoms with Gasteiger partial charge in [-0.25, -0.2) is 4.98 Å². The lowest BCUT2D eigenvalue weighted by atomic mass is 10.0. The number of amides is 1. The van der Waals surface area contributed by atoms with Gasteiger partial charge in [-0.1, -0.05) is 11.6 Å². The zero-order valence-electron chi connectivity index (χ0n) is 12.6. The standard InChI is InChI=1S/C14H20N6O2/c1-11-6-14(22-18-11)17-13(21)8-19-5-3-2-4-12(19)7-20-10-15-9-16-20/h6,9-10,12H,2-5,7-8H2,1H3,(H,17,21)/t12-/m0/s1. The van der Waals surface area contributed by atoms with Crippen molar-refractivity contribution < 1.29 is 9.32 Å². The molecule has 22 heavy (non-hydrogen) atoms. The highest BCUT2D eigenvalue weighted by molar-refractivity contribution is 5.91. The number of nitrogens with one attached hydrogen (secondary N) is 1. The number of hydrogen-bond donors (Lipinski definition) is 1. The van der Waals surface area contributed by atoms with Gasteiger partial charge in [0, 0.05) is 12.1 Å². The lowest BCUT2D eigenvalue weighted by Gasteiger charge is -2.34. The molecule has 1 amide bonds. The zero-order valence-corrected chi connectivity index (χ0v) is 12.6. The maximum absolute atomic E-state index is 12.2. The number of rotatable bonds is 5. The van der Waals surface area contributed by atoms with E-state index in [0.717, 1.165) is 31.6 Å². The number of aryl methyl sites for hydroxylation is 1. The van der Waals surface area contributed by atoms with E-state index in [-0.39, 0.29) is 5.91 Å². The first-order valence-corrected chi connectivity index (χ1v) is 7.50. The molecule has 2 aromatic rings. The molecule has 1 aliphatic rings. The lowest BCUT2D eigenvalue weighted by Crippen LogP contribution is -2.45. The molecule has 118 valence electrons. The number of likely N-dealkylation sites (tertiary alicyclic amines) is 1. The number of aromatic nitrogens is 4. The number of carbonyl (C=O) groups is 1. The van der Waals surface area contributed by atoms with Crippen molar-refractivity contribution in [2.75, 3.05) is 18.4 Å². The summed E-state index contributed by atoms with van der Waals surface area (Å²) in [7, 11) is 0. The molecule has 0 aliphatic carbocycles. The van der Waals surface area contributed by atoms with Gasteiger partial charge in [0.05, 0.1) is 18.8 Å². The molecule has 1 N–H and O–H groups in total. The van der Waals surface area contributed by atoms with Gasteiger partial charge in [0.15, 0.2) is 0 Å². The molecule has 0 spiro atoms. The number of hydrogen-bond acceptors (Lipinski definition) is 6. The molecular weight excluding hydrogens is 284 g/mol. The fourth-order valence-electron chi connectivity index (χ4n) is 2.80. The van der Waals surface area contributed by atoms with Gasteiger partial charge >= 0.3 is 0 Å². The molecule has 1 aliphatic heterocycles. The smallest absolute Gasteiger partial charge is 0.240 e. The second-order valence-corrected chi connectivity index (χ2v) is 5.62. The Bertz CT molecular complexity index is 609. The van der Waals surface area contributed by atoms with Gasteiger partial charge in [0.1, 0.15) is 12.7 Å². The molecule has 0 radical (unpaired) electrons. The highest BCUT2D eigenvalue weighted by atomic mass is 16.5. The first kappa shape index (κ1) is 14.7. The molecule has 2 aromatic heterocycles. The number of carbonyl (C=O) groups excluding carboxylic acids is 1. The summed E-state index contributed by atoms with van der Waals surface area (Å²) >= 11 is 0. The van der Waals surface area contributed by atoms with Crippen LogP contribution in [0, 0.1) is 6.92 Å². The Hall–Kier alpha value is -2.22. The topological polar surface area (TPSA) is 89.1 Å². The number of piperidine rings is 1. The van der Waals surface area contributed by atoms with Crippen LogP contribution in [-0.2, 0) is 11.3 Å². The van der Waals surface area contributed by atoms with Gasteiger partial charge in [0.25, 0.3) is 0 Å². The van der Waals surface area contributed by atoms with Crippen molar-refractivity contribution in [1.29, 1.82) is 0 Å². The van der Waals surface area contributed by atoms with E-state index in [4.69, 9.17) is 4.52 Å². The average molecular weight is 304 g/mol. The van der Waals surface area contributed by atoms with E-state index in [1.54, 1.807) is 12.4 Å². The molecule has 8 heteroatoms. The van der Waals surface area contributed by atoms with Crippen molar-refractivity contribution in [2.45, 2.75) is 38.8 Å². The minimum Gasteiger partial charge on any atom is -0.338 e. The van der Waals surface area contributed by atoms with Crippen molar-refractivity contribution in [2.24, 2.45) is 0 Å². The van der Waals surface area contributed by atoms with Gasteiger partial charge in [-0.15, -0.1) is 0 Å². The molecule has 0 aromatic carbocycles. The van der Waals surface area contributed by atoms with Crippen molar-refractivity contribution in [3.05, 3.63) is 24.4 Å². The first-order valence-electron chi connectivity index (χ1n) is 7.50. The van der Waals surface area contributed by atoms with Crippen LogP contribution >= 0.6 is 0 Å². The molecule has 8 nitrogen and oxygen atoms in total. The molecule has 3 heterocycles. The molecule has 1 atom stereocenters. The summed E-state index contributed by atoms with van der Waals surface area (Å²) in [6.07, 6.45) is 6.60. The van der Waals surface area contributed by atoms with Crippen LogP contribution < -0.4 is 5.32 Å². The van der Waals surface area contributed by atoms with Crippen molar-refractivity contribution in [1.82, 2.24) is 24.8 Å². The Morgan fingerprint density at radius 1 is 1.50 bits per heavy atom. The first-order chi connectivity index (χ1) is 10.7. The van der Waals surface area contributed by atoms with E-state index in [9.17, 15) is 4.79 Å². The number of anilines is 1. The summed E-state index contributed by atoms with van der Waals surface area (Å²) in [5, 5.41) is 10.7. The second-order valence-electron chi connectivity index (χ2n) is 5.62. The van der Waals surface area contributed by atoms with E-state index in [0.29, 0.717) is 18.5 Å². The molecular formula is C14H20N6O2. The molecule has 3 rings (SSSR count). The maximum Gasteiger partial charge on any atom is 0.240 e. The quantitative estimate of drug-likeness (QED) is 0.888. The van der Waals surface area contributed by atoms with E-state index in [2.05, 4.69) is 25.5 Å². The van der Waals surface area contributed by atoms with Crippen LogP contribution in [0.4, 0.5) is 5.88 Å². The average Bonchev–Trinajstić information content (AvgIpc) is 3.13. The molecule has 0 bridgehead atoms. The molecule has 1 fully saturated rings. The SMILES string of the molecule is Cc1cc(NC(=O)CN2CCCC[C@H]2Cn2cncn2)on1. The normalized spacial score (nSPS) is 19.2. The van der Waals surface area contributed by atoms with Crippen LogP contribution in [0.3, 0.4) is 0 Å². The summed E-state index contributed by atoms with van der Waals surface area (Å²) in [6.45, 7) is 3.84. The largest absolute Gasteiger partial charge is 0.338 e. The minimum absolute atomic E-state index is 0.0818. The van der Waals surface area contributed by atoms with Crippen molar-refractivity contribution in [3.8, 4) is 0 Å². The predicted octanol–water partition coefficient (Wildman–Crippen LogP) is 1.07. The van der Waals surface area contributed by atoms with Gasteiger partial charge < -0.3 is 4.52 Å². The number of nitrogens with zero attached hydrogens (tertiary/aromatic N) is 5. The Morgan fingerprint density at radius 2 is 2.41 bits per heavy atom. The summed E-state index contributed by atoms with van der Waals surface area (Å²) in [4.78, 5) is 18.3. The van der Waals surface area contributed by atoms with Gasteiger partial charge in [-0.05, 0) is 26.3 Å². The summed E-state index contributed by atoms with van der Waals surface area (Å²) in [6, 6.07) is 2.01. The zero-order chi connectivity index (χ0) is 15.4. The van der Waals surface area contributed by atoms with Crippen LogP contribution in [-0.4, -0.2) is 49.9 Å². The van der Waals surface area contributed by atoms with E-state index in [1.165, 1.54) is 12.7 Å². The van der Waals surface area contributed by atoms with Crippen molar-refractivity contribution >= 4 is 11.8 Å². The Labute approximate surface area is 128 Å². The van der Waals surface area contributed by atoms with Gasteiger partial charge in [-0.3, -0.25) is 19.7 Å². The fourth-order valence-corrected chi connectivity index (χ4v) is 2.80. The van der Waals surface area contributed by atoms with Crippen LogP contribution in [0.2, 0.25) is 0 Å². The highest BCUT2D eigenvalue weighted by Gasteiger charge is 2.25. The molecule has 1 saturated heterocycles. The predicted molar refractivity (Wildman–Crippen MR) is 79.1 cm³/mol. The van der Waals surface area contributed by atoms with Crippen LogP contribution in [0.5, 0.6) is 0 Å². The lowest BCUT2D eigenvalue weighted by molar-refractivity contribution is -0.118. The molecule has 0 saturated carbocycles. The summed E-state index contributed by atoms with van der Waals surface area (Å²) < 4.78 is 6.83. The Kier molecular flexibility index (Phi) is 4.47. The Balaban J connectivity index is 1.57. The second kappa shape index (κ2) is 6.69. The Morgan fingerprint density at radius 3 is 3.14 bits per heavy atom.